The number of rotatable bonds is 5. The normalized spacial score (nSPS) is 29.0. The van der Waals surface area contributed by atoms with Crippen molar-refractivity contribution in [3.8, 4) is 0 Å². The highest BCUT2D eigenvalue weighted by Crippen LogP contribution is 2.27. The standard InChI is InChI=1S/C14H28N2O2/c1-12(2)16-7-8-18-13(9-16)10-17-11-14(15)5-3-4-6-14/h12-13H,3-11,15H2,1-2H3. The molecule has 0 bridgehead atoms. The van der Waals surface area contributed by atoms with Crippen LogP contribution in [0, 0.1) is 0 Å². The van der Waals surface area contributed by atoms with Gasteiger partial charge in [0.1, 0.15) is 0 Å². The molecule has 1 heterocycles. The predicted molar refractivity (Wildman–Crippen MR) is 72.7 cm³/mol. The summed E-state index contributed by atoms with van der Waals surface area (Å²) in [4.78, 5) is 2.45. The third-order valence-electron chi connectivity index (χ3n) is 4.19. The van der Waals surface area contributed by atoms with E-state index in [1.54, 1.807) is 0 Å². The molecule has 4 nitrogen and oxygen atoms in total. The van der Waals surface area contributed by atoms with Crippen molar-refractivity contribution in [3.63, 3.8) is 0 Å². The highest BCUT2D eigenvalue weighted by molar-refractivity contribution is 4.89. The van der Waals surface area contributed by atoms with Crippen LogP contribution < -0.4 is 5.73 Å². The van der Waals surface area contributed by atoms with E-state index in [-0.39, 0.29) is 11.6 Å². The van der Waals surface area contributed by atoms with Gasteiger partial charge in [-0.15, -0.1) is 0 Å². The largest absolute Gasteiger partial charge is 0.377 e. The molecule has 2 aliphatic rings. The number of morpholine rings is 1. The van der Waals surface area contributed by atoms with Crippen LogP contribution in [0.1, 0.15) is 39.5 Å². The molecule has 1 aliphatic heterocycles. The van der Waals surface area contributed by atoms with Gasteiger partial charge in [0.25, 0.3) is 0 Å². The molecule has 1 aliphatic carbocycles. The van der Waals surface area contributed by atoms with Gasteiger partial charge < -0.3 is 15.2 Å². The molecule has 0 aromatic carbocycles. The Morgan fingerprint density at radius 1 is 1.39 bits per heavy atom. The molecule has 106 valence electrons. The molecular formula is C14H28N2O2. The summed E-state index contributed by atoms with van der Waals surface area (Å²) in [5, 5.41) is 0. The first-order valence-electron chi connectivity index (χ1n) is 7.31. The topological polar surface area (TPSA) is 47.7 Å². The number of hydrogen-bond acceptors (Lipinski definition) is 4. The van der Waals surface area contributed by atoms with Gasteiger partial charge in [-0.1, -0.05) is 12.8 Å². The van der Waals surface area contributed by atoms with E-state index in [9.17, 15) is 0 Å². The van der Waals surface area contributed by atoms with E-state index in [4.69, 9.17) is 15.2 Å². The van der Waals surface area contributed by atoms with Crippen LogP contribution in [0.2, 0.25) is 0 Å². The number of ether oxygens (including phenoxy) is 2. The average molecular weight is 256 g/mol. The van der Waals surface area contributed by atoms with Crippen LogP contribution in [0.15, 0.2) is 0 Å². The summed E-state index contributed by atoms with van der Waals surface area (Å²) in [7, 11) is 0. The van der Waals surface area contributed by atoms with Gasteiger partial charge in [-0.3, -0.25) is 4.90 Å². The van der Waals surface area contributed by atoms with Gasteiger partial charge in [0, 0.05) is 24.7 Å². The Morgan fingerprint density at radius 3 is 2.78 bits per heavy atom. The molecule has 0 amide bonds. The fourth-order valence-corrected chi connectivity index (χ4v) is 2.93. The van der Waals surface area contributed by atoms with Crippen molar-refractivity contribution in [1.29, 1.82) is 0 Å². The van der Waals surface area contributed by atoms with Gasteiger partial charge in [0.05, 0.1) is 25.9 Å². The summed E-state index contributed by atoms with van der Waals surface area (Å²) in [5.74, 6) is 0. The molecule has 2 rings (SSSR count). The van der Waals surface area contributed by atoms with Crippen LogP contribution in [0.4, 0.5) is 0 Å². The molecule has 0 aromatic rings. The van der Waals surface area contributed by atoms with Gasteiger partial charge >= 0.3 is 0 Å². The SMILES string of the molecule is CC(C)N1CCOC(COCC2(N)CCCC2)C1. The van der Waals surface area contributed by atoms with Crippen LogP contribution in [-0.4, -0.2) is 55.5 Å². The number of nitrogens with zero attached hydrogens (tertiary/aromatic N) is 1. The third-order valence-corrected chi connectivity index (χ3v) is 4.19. The zero-order valence-corrected chi connectivity index (χ0v) is 11.9. The lowest BCUT2D eigenvalue weighted by Crippen LogP contribution is -2.48. The fraction of sp³-hybridized carbons (Fsp3) is 1.00. The second kappa shape index (κ2) is 6.33. The molecule has 4 heteroatoms. The lowest BCUT2D eigenvalue weighted by Gasteiger charge is -2.35. The predicted octanol–water partition coefficient (Wildman–Crippen LogP) is 1.38. The maximum Gasteiger partial charge on any atom is 0.0935 e. The van der Waals surface area contributed by atoms with Gasteiger partial charge in [0.2, 0.25) is 0 Å². The highest BCUT2D eigenvalue weighted by Gasteiger charge is 2.30. The molecule has 18 heavy (non-hydrogen) atoms. The van der Waals surface area contributed by atoms with Crippen molar-refractivity contribution >= 4 is 0 Å². The van der Waals surface area contributed by atoms with Crippen LogP contribution in [-0.2, 0) is 9.47 Å². The molecule has 0 spiro atoms. The van der Waals surface area contributed by atoms with Crippen molar-refractivity contribution in [1.82, 2.24) is 4.90 Å². The monoisotopic (exact) mass is 256 g/mol. The van der Waals surface area contributed by atoms with Crippen molar-refractivity contribution in [2.24, 2.45) is 5.73 Å². The average Bonchev–Trinajstić information content (AvgIpc) is 2.77. The molecule has 0 radical (unpaired) electrons. The second-order valence-corrected chi connectivity index (χ2v) is 6.17. The highest BCUT2D eigenvalue weighted by atomic mass is 16.5. The summed E-state index contributed by atoms with van der Waals surface area (Å²) in [6.07, 6.45) is 4.93. The lowest BCUT2D eigenvalue weighted by molar-refractivity contribution is -0.0809. The quantitative estimate of drug-likeness (QED) is 0.807. The molecule has 1 saturated heterocycles. The van der Waals surface area contributed by atoms with Crippen LogP contribution in [0.5, 0.6) is 0 Å². The van der Waals surface area contributed by atoms with Crippen molar-refractivity contribution in [2.45, 2.75) is 57.2 Å². The molecule has 2 fully saturated rings. The number of nitrogens with two attached hydrogens (primary N) is 1. The zero-order chi connectivity index (χ0) is 13.0. The van der Waals surface area contributed by atoms with E-state index in [1.165, 1.54) is 12.8 Å². The van der Waals surface area contributed by atoms with Crippen LogP contribution >= 0.6 is 0 Å². The zero-order valence-electron chi connectivity index (χ0n) is 11.9. The minimum Gasteiger partial charge on any atom is -0.377 e. The molecule has 2 N–H and O–H groups in total. The third kappa shape index (κ3) is 3.92. The summed E-state index contributed by atoms with van der Waals surface area (Å²) in [6, 6.07) is 0.590. The lowest BCUT2D eigenvalue weighted by atomic mass is 10.0. The van der Waals surface area contributed by atoms with Gasteiger partial charge in [-0.25, -0.2) is 0 Å². The van der Waals surface area contributed by atoms with E-state index < -0.39 is 0 Å². The van der Waals surface area contributed by atoms with Crippen molar-refractivity contribution < 1.29 is 9.47 Å². The van der Waals surface area contributed by atoms with Crippen molar-refractivity contribution in [3.05, 3.63) is 0 Å². The van der Waals surface area contributed by atoms with Gasteiger partial charge in [-0.2, -0.15) is 0 Å². The Hall–Kier alpha value is -0.160. The minimum atomic E-state index is -0.0631. The summed E-state index contributed by atoms with van der Waals surface area (Å²) in [5.41, 5.74) is 6.21. The van der Waals surface area contributed by atoms with Gasteiger partial charge in [0.15, 0.2) is 0 Å². The van der Waals surface area contributed by atoms with E-state index in [2.05, 4.69) is 18.7 Å². The van der Waals surface area contributed by atoms with E-state index in [0.29, 0.717) is 19.3 Å². The second-order valence-electron chi connectivity index (χ2n) is 6.17. The Balaban J connectivity index is 1.67. The first-order chi connectivity index (χ1) is 8.59. The fourth-order valence-electron chi connectivity index (χ4n) is 2.93. The smallest absolute Gasteiger partial charge is 0.0935 e. The molecule has 0 aromatic heterocycles. The van der Waals surface area contributed by atoms with Crippen LogP contribution in [0.3, 0.4) is 0 Å². The number of hydrogen-bond donors (Lipinski definition) is 1. The van der Waals surface area contributed by atoms with Crippen LogP contribution in [0.25, 0.3) is 0 Å². The van der Waals surface area contributed by atoms with E-state index >= 15 is 0 Å². The Labute approximate surface area is 111 Å². The Morgan fingerprint density at radius 2 is 2.11 bits per heavy atom. The van der Waals surface area contributed by atoms with E-state index in [0.717, 1.165) is 32.5 Å². The Bertz CT molecular complexity index is 252. The maximum atomic E-state index is 6.27. The molecule has 1 saturated carbocycles. The molecule has 1 unspecified atom stereocenters. The first-order valence-corrected chi connectivity index (χ1v) is 7.31. The molecular weight excluding hydrogens is 228 g/mol. The minimum absolute atomic E-state index is 0.0631. The maximum absolute atomic E-state index is 6.27. The first kappa shape index (κ1) is 14.3. The van der Waals surface area contributed by atoms with Crippen molar-refractivity contribution in [2.75, 3.05) is 32.9 Å². The summed E-state index contributed by atoms with van der Waals surface area (Å²) < 4.78 is 11.6. The summed E-state index contributed by atoms with van der Waals surface area (Å²) in [6.45, 7) is 8.67. The van der Waals surface area contributed by atoms with Gasteiger partial charge in [-0.05, 0) is 26.7 Å². The molecule has 1 atom stereocenters. The Kier molecular flexibility index (Phi) is 5.01. The summed E-state index contributed by atoms with van der Waals surface area (Å²) >= 11 is 0. The van der Waals surface area contributed by atoms with E-state index in [1.807, 2.05) is 0 Å².